The Morgan fingerprint density at radius 2 is 1.90 bits per heavy atom. The van der Waals surface area contributed by atoms with Crippen molar-refractivity contribution < 1.29 is 26.9 Å². The van der Waals surface area contributed by atoms with E-state index in [-0.39, 0.29) is 29.8 Å². The lowest BCUT2D eigenvalue weighted by atomic mass is 9.90. The molecular formula is C27H39F3N8O3S. The number of hydrogen-bond donors (Lipinski definition) is 3. The normalized spacial score (nSPS) is 20.7. The number of carbonyl (C=O) groups is 1. The Kier molecular flexibility index (Phi) is 10.5. The minimum Gasteiger partial charge on any atom is -0.494 e. The van der Waals surface area contributed by atoms with Crippen LogP contribution in [0, 0.1) is 0 Å². The van der Waals surface area contributed by atoms with Crippen molar-refractivity contribution in [2.24, 2.45) is 0 Å². The van der Waals surface area contributed by atoms with E-state index in [9.17, 15) is 22.2 Å². The molecule has 1 amide bonds. The largest absolute Gasteiger partial charge is 0.494 e. The Hall–Kier alpha value is -3.17. The first-order chi connectivity index (χ1) is 20.0. The molecule has 1 aromatic carbocycles. The quantitative estimate of drug-likeness (QED) is 0.373. The fourth-order valence-corrected chi connectivity index (χ4v) is 6.02. The number of ether oxygens (including phenoxy) is 1. The molecule has 1 unspecified atom stereocenters. The van der Waals surface area contributed by atoms with Gasteiger partial charge in [-0.05, 0) is 25.0 Å². The highest BCUT2D eigenvalue weighted by Gasteiger charge is 2.38. The third-order valence-corrected chi connectivity index (χ3v) is 8.92. The Bertz CT molecular complexity index is 1260. The minimum atomic E-state index is -4.66. The van der Waals surface area contributed by atoms with Crippen LogP contribution < -0.4 is 25.6 Å². The Morgan fingerprint density at radius 3 is 2.55 bits per heavy atom. The van der Waals surface area contributed by atoms with Crippen LogP contribution in [0.25, 0.3) is 0 Å². The van der Waals surface area contributed by atoms with E-state index in [1.165, 1.54) is 7.11 Å². The molecular weight excluding hydrogens is 573 g/mol. The zero-order chi connectivity index (χ0) is 30.4. The maximum atomic E-state index is 13.9. The molecule has 232 valence electrons. The van der Waals surface area contributed by atoms with Crippen molar-refractivity contribution in [3.05, 3.63) is 30.0 Å². The van der Waals surface area contributed by atoms with Crippen LogP contribution >= 0.6 is 0 Å². The zero-order valence-corrected chi connectivity index (χ0v) is 25.1. The highest BCUT2D eigenvalue weighted by Crippen LogP contribution is 2.37. The third kappa shape index (κ3) is 7.81. The first kappa shape index (κ1) is 31.8. The number of alkyl halides is 3. The average Bonchev–Trinajstić information content (AvgIpc) is 2.97. The van der Waals surface area contributed by atoms with E-state index < -0.39 is 22.7 Å². The van der Waals surface area contributed by atoms with Gasteiger partial charge in [-0.3, -0.25) is 9.69 Å². The van der Waals surface area contributed by atoms with Crippen LogP contribution in [0.4, 0.5) is 36.3 Å². The number of likely N-dealkylation sites (N-methyl/N-ethyl adjacent to an activating group) is 2. The first-order valence-corrected chi connectivity index (χ1v) is 15.4. The van der Waals surface area contributed by atoms with Crippen LogP contribution in [0.1, 0.15) is 31.2 Å². The first-order valence-electron chi connectivity index (χ1n) is 13.9. The van der Waals surface area contributed by atoms with Crippen molar-refractivity contribution in [2.45, 2.75) is 43.9 Å². The number of anilines is 4. The van der Waals surface area contributed by atoms with Gasteiger partial charge in [-0.2, -0.15) is 18.2 Å². The Labute approximate surface area is 246 Å². The van der Waals surface area contributed by atoms with Gasteiger partial charge in [0, 0.05) is 76.6 Å². The number of hydrogen-bond acceptors (Lipinski definition) is 9. The lowest BCUT2D eigenvalue weighted by molar-refractivity contribution is -0.137. The van der Waals surface area contributed by atoms with E-state index in [2.05, 4.69) is 35.7 Å². The lowest BCUT2D eigenvalue weighted by Gasteiger charge is -2.37. The van der Waals surface area contributed by atoms with E-state index in [4.69, 9.17) is 4.74 Å². The predicted molar refractivity (Wildman–Crippen MR) is 158 cm³/mol. The summed E-state index contributed by atoms with van der Waals surface area (Å²) in [5, 5.41) is 8.67. The van der Waals surface area contributed by atoms with Crippen LogP contribution in [0.15, 0.2) is 24.4 Å². The van der Waals surface area contributed by atoms with Crippen LogP contribution in [0.5, 0.6) is 5.75 Å². The molecule has 1 saturated heterocycles. The van der Waals surface area contributed by atoms with Crippen LogP contribution in [0.2, 0.25) is 0 Å². The van der Waals surface area contributed by atoms with Gasteiger partial charge in [0.1, 0.15) is 17.1 Å². The molecule has 2 heterocycles. The van der Waals surface area contributed by atoms with Crippen LogP contribution in [-0.2, 0) is 22.0 Å². The van der Waals surface area contributed by atoms with Crippen molar-refractivity contribution in [3.63, 3.8) is 0 Å². The van der Waals surface area contributed by atoms with Crippen molar-refractivity contribution in [1.82, 2.24) is 24.5 Å². The monoisotopic (exact) mass is 612 g/mol. The second-order valence-corrected chi connectivity index (χ2v) is 11.9. The summed E-state index contributed by atoms with van der Waals surface area (Å²) in [5.74, 6) is 0.127. The van der Waals surface area contributed by atoms with E-state index >= 15 is 0 Å². The molecule has 11 nitrogen and oxygen atoms in total. The van der Waals surface area contributed by atoms with Crippen molar-refractivity contribution in [3.8, 4) is 5.75 Å². The molecule has 3 atom stereocenters. The van der Waals surface area contributed by atoms with Gasteiger partial charge in [0.25, 0.3) is 0 Å². The summed E-state index contributed by atoms with van der Waals surface area (Å²) in [7, 11) is 3.60. The maximum absolute atomic E-state index is 13.9. The van der Waals surface area contributed by atoms with Crippen molar-refractivity contribution >= 4 is 40.0 Å². The maximum Gasteiger partial charge on any atom is 0.421 e. The topological polar surface area (TPSA) is 115 Å². The molecule has 3 N–H and O–H groups in total. The summed E-state index contributed by atoms with van der Waals surface area (Å²) >= 11 is 0. The van der Waals surface area contributed by atoms with Crippen molar-refractivity contribution in [1.29, 1.82) is 0 Å². The third-order valence-electron chi connectivity index (χ3n) is 7.83. The molecule has 1 saturated carbocycles. The van der Waals surface area contributed by atoms with Gasteiger partial charge in [-0.25, -0.2) is 13.5 Å². The van der Waals surface area contributed by atoms with Gasteiger partial charge >= 0.3 is 6.18 Å². The number of nitrogens with zero attached hydrogens (tertiary/aromatic N) is 5. The molecule has 0 radical (unpaired) electrons. The molecule has 2 aliphatic rings. The zero-order valence-electron chi connectivity index (χ0n) is 24.3. The van der Waals surface area contributed by atoms with E-state index in [1.54, 1.807) is 30.7 Å². The van der Waals surface area contributed by atoms with E-state index in [1.807, 2.05) is 12.1 Å². The molecule has 1 aromatic heterocycles. The smallest absolute Gasteiger partial charge is 0.421 e. The summed E-state index contributed by atoms with van der Waals surface area (Å²) in [6.07, 6.45) is 0.789. The number of benzene rings is 1. The number of amides is 1. The molecule has 4 rings (SSSR count). The number of carbonyl (C=O) groups excluding carboxylic acids is 1. The molecule has 15 heteroatoms. The van der Waals surface area contributed by atoms with Gasteiger partial charge in [0.2, 0.25) is 11.9 Å². The number of piperazine rings is 1. The summed E-state index contributed by atoms with van der Waals surface area (Å²) in [6, 6.07) is 4.97. The Morgan fingerprint density at radius 1 is 1.19 bits per heavy atom. The molecule has 1 aliphatic carbocycles. The molecule has 2 fully saturated rings. The van der Waals surface area contributed by atoms with Gasteiger partial charge < -0.3 is 25.6 Å². The summed E-state index contributed by atoms with van der Waals surface area (Å²) < 4.78 is 61.2. The van der Waals surface area contributed by atoms with E-state index in [0.717, 1.165) is 57.3 Å². The Balaban J connectivity index is 1.52. The van der Waals surface area contributed by atoms with Gasteiger partial charge in [0.05, 0.1) is 30.3 Å². The number of aromatic nitrogens is 2. The minimum absolute atomic E-state index is 0.0147. The average molecular weight is 613 g/mol. The fourth-order valence-electron chi connectivity index (χ4n) is 5.39. The summed E-state index contributed by atoms with van der Waals surface area (Å²) in [4.78, 5) is 24.2. The van der Waals surface area contributed by atoms with Crippen LogP contribution in [-0.4, -0.2) is 102 Å². The summed E-state index contributed by atoms with van der Waals surface area (Å²) in [6.45, 7) is 3.28. The highest BCUT2D eigenvalue weighted by molar-refractivity contribution is 7.81. The molecule has 42 heavy (non-hydrogen) atoms. The van der Waals surface area contributed by atoms with Gasteiger partial charge in [0.15, 0.2) is 0 Å². The second kappa shape index (κ2) is 13.9. The molecule has 2 aromatic rings. The van der Waals surface area contributed by atoms with Gasteiger partial charge in [-0.15, -0.1) is 0 Å². The second-order valence-electron chi connectivity index (χ2n) is 10.5. The summed E-state index contributed by atoms with van der Waals surface area (Å²) in [5.41, 5.74) is 0.464. The highest BCUT2D eigenvalue weighted by atomic mass is 32.2. The molecule has 1 aliphatic heterocycles. The molecule has 0 spiro atoms. The number of rotatable bonds is 10. The number of halogens is 3. The lowest BCUT2D eigenvalue weighted by Crippen LogP contribution is -2.49. The fraction of sp³-hybridized carbons (Fsp3) is 0.593. The number of nitrogens with one attached hydrogen (secondary N) is 3. The standard InChI is InChI=1S/C27H39F3N8O3S/c1-31-24(39)17-37-11-13-38(14-12-37)18-9-10-21(23(15-18)41-3)34-26-32-16-19(27(28,29)30)25(35-26)33-20-7-5-6-8-22(20)36(2)42(4)40/h9-10,15-16,20,22H,5-8,11-14,17H2,1-4H3,(H,31,39)(H2,32,33,34,35)/t20-,22-,42?/m1/s1. The van der Waals surface area contributed by atoms with Crippen molar-refractivity contribution in [2.75, 3.05) is 75.7 Å². The van der Waals surface area contributed by atoms with Gasteiger partial charge in [-0.1, -0.05) is 12.8 Å². The van der Waals surface area contributed by atoms with E-state index in [0.29, 0.717) is 24.4 Å². The van der Waals surface area contributed by atoms with Crippen LogP contribution in [0.3, 0.4) is 0 Å². The predicted octanol–water partition coefficient (Wildman–Crippen LogP) is 3.06. The SMILES string of the molecule is CNC(=O)CN1CCN(c2ccc(Nc3ncc(C(F)(F)F)c(N[C@@H]4CCCC[C@H]4N(C)S(C)=O)n3)c(OC)c2)CC1. The number of methoxy groups -OCH3 is 1. The molecule has 0 bridgehead atoms.